The molecule has 0 radical (unpaired) electrons. The third kappa shape index (κ3) is 5.83. The smallest absolute Gasteiger partial charge is 0.0523 e. The molecule has 0 aromatic heterocycles. The summed E-state index contributed by atoms with van der Waals surface area (Å²) < 4.78 is 133. The van der Waals surface area contributed by atoms with Gasteiger partial charge in [0.15, 0.2) is 0 Å². The Morgan fingerprint density at radius 1 is 1.36 bits per heavy atom. The monoisotopic (exact) mass is 176 g/mol. The van der Waals surface area contributed by atoms with Crippen molar-refractivity contribution in [3.05, 3.63) is 4.91 Å². The molecule has 0 aliphatic heterocycles. The van der Waals surface area contributed by atoms with Gasteiger partial charge in [0, 0.05) is 32.2 Å². The van der Waals surface area contributed by atoms with Crippen LogP contribution in [0.5, 0.6) is 0 Å². The highest BCUT2D eigenvalue weighted by atomic mass is 16.3. The summed E-state index contributed by atoms with van der Waals surface area (Å²) in [4.78, 5) is 11.2. The number of nitroso groups, excluding NO2 is 1. The van der Waals surface area contributed by atoms with Crippen LogP contribution < -0.4 is 0 Å². The van der Waals surface area contributed by atoms with Crippen molar-refractivity contribution in [2.24, 2.45) is 5.29 Å². The van der Waals surface area contributed by atoms with E-state index in [2.05, 4.69) is 0 Å². The Hall–Kier alpha value is -0.600. The summed E-state index contributed by atoms with van der Waals surface area (Å²) in [6.45, 7) is -16.3. The lowest BCUT2D eigenvalue weighted by atomic mass is 10.3. The van der Waals surface area contributed by atoms with Crippen molar-refractivity contribution in [1.29, 1.82) is 0 Å². The van der Waals surface area contributed by atoms with E-state index < -0.39 is 57.2 Å². The Balaban J connectivity index is 6.75. The van der Waals surface area contributed by atoms with Crippen molar-refractivity contribution >= 4 is 0 Å². The number of nitrogens with zero attached hydrogens (tertiary/aromatic N) is 2. The highest BCUT2D eigenvalue weighted by Gasteiger charge is 1.99. The normalized spacial score (nSPS) is 44.0. The number of hydrogen-bond acceptors (Lipinski definition) is 2. The van der Waals surface area contributed by atoms with E-state index in [1.54, 1.807) is 0 Å². The van der Waals surface area contributed by atoms with Crippen LogP contribution in [-0.2, 0) is 0 Å². The van der Waals surface area contributed by atoms with Crippen LogP contribution in [0.4, 0.5) is 0 Å². The average molecular weight is 176 g/mol. The second kappa shape index (κ2) is 7.51. The molecule has 0 saturated heterocycles. The van der Waals surface area contributed by atoms with Gasteiger partial charge in [-0.25, -0.2) is 0 Å². The van der Waals surface area contributed by atoms with Gasteiger partial charge >= 0.3 is 0 Å². The summed E-state index contributed by atoms with van der Waals surface area (Å²) >= 11 is 0. The highest BCUT2D eigenvalue weighted by molar-refractivity contribution is 4.50. The maximum absolute atomic E-state index is 11.2. The van der Waals surface area contributed by atoms with E-state index in [4.69, 9.17) is 24.7 Å². The van der Waals surface area contributed by atoms with E-state index in [9.17, 15) is 4.91 Å². The Morgan fingerprint density at radius 3 is 2.27 bits per heavy atom. The van der Waals surface area contributed by atoms with E-state index in [-0.39, 0.29) is 0 Å². The molecule has 0 heterocycles. The predicted octanol–water partition coefficient (Wildman–Crippen LogP) is 2.57. The zero-order valence-corrected chi connectivity index (χ0v) is 5.30. The quantitative estimate of drug-likeness (QED) is 0.441. The van der Waals surface area contributed by atoms with Gasteiger partial charge in [0.25, 0.3) is 0 Å². The molecule has 0 amide bonds. The second-order valence-corrected chi connectivity index (χ2v) is 1.12. The van der Waals surface area contributed by atoms with E-state index in [1.807, 2.05) is 5.29 Å². The topological polar surface area (TPSA) is 32.7 Å². The van der Waals surface area contributed by atoms with Gasteiger partial charge in [0.2, 0.25) is 0 Å². The summed E-state index contributed by atoms with van der Waals surface area (Å²) in [5, 5.41) is 0.634. The standard InChI is InChI=1S/C8H18N2O/c1-3-5-7-10(9-11)8-6-4-2/h3-8H2,1-2H3/i1D3,2D3,3D2,4D2,5D2,6D2,7D2,8D2. The molecule has 0 aromatic rings. The fourth-order valence-corrected chi connectivity index (χ4v) is 0.231. The van der Waals surface area contributed by atoms with Gasteiger partial charge in [-0.05, 0) is 12.7 Å². The van der Waals surface area contributed by atoms with E-state index >= 15 is 0 Å². The largest absolute Gasteiger partial charge is 0.261 e. The SMILES string of the molecule is [2H]C([2H])([2H])C([2H])([2H])C([2H])([2H])C([2H])([2H])N(N=O)C([2H])([2H])C([2H])([2H])C([2H])([2H])C([2H])([2H])[2H]. The van der Waals surface area contributed by atoms with Crippen LogP contribution in [0.1, 0.15) is 63.9 Å². The van der Waals surface area contributed by atoms with Gasteiger partial charge in [0.05, 0.1) is 10.8 Å². The minimum absolute atomic E-state index is 1.17. The van der Waals surface area contributed by atoms with Gasteiger partial charge in [-0.15, -0.1) is 4.91 Å². The fraction of sp³-hybridized carbons (Fsp3) is 1.00. The molecule has 0 spiro atoms. The minimum atomic E-state index is -4.33. The minimum Gasteiger partial charge on any atom is -0.261 e. The first-order chi connectivity index (χ1) is 12.2. The predicted molar refractivity (Wildman–Crippen MR) is 47.2 cm³/mol. The maximum Gasteiger partial charge on any atom is 0.0523 e. The van der Waals surface area contributed by atoms with Gasteiger partial charge in [0.1, 0.15) is 0 Å². The van der Waals surface area contributed by atoms with Crippen molar-refractivity contribution in [3.63, 3.8) is 0 Å². The van der Waals surface area contributed by atoms with Crippen molar-refractivity contribution in [2.75, 3.05) is 13.0 Å². The first kappa shape index (κ1) is 1.22. The number of rotatable bonds is 7. The summed E-state index contributed by atoms with van der Waals surface area (Å²) in [7, 11) is 0. The number of hydrogen-bond donors (Lipinski definition) is 0. The first-order valence-corrected chi connectivity index (χ1v) is 2.33. The second-order valence-electron chi connectivity index (χ2n) is 1.12. The van der Waals surface area contributed by atoms with Gasteiger partial charge in [-0.1, -0.05) is 26.4 Å². The Labute approximate surface area is 94.0 Å². The summed E-state index contributed by atoms with van der Waals surface area (Å²) in [6.07, 6.45) is -16.7. The van der Waals surface area contributed by atoms with Crippen LogP contribution in [0.25, 0.3) is 0 Å². The molecule has 11 heavy (non-hydrogen) atoms. The van der Waals surface area contributed by atoms with Gasteiger partial charge < -0.3 is 0 Å². The van der Waals surface area contributed by atoms with Crippen molar-refractivity contribution in [3.8, 4) is 0 Å². The summed E-state index contributed by atoms with van der Waals surface area (Å²) in [5.41, 5.74) is 0. The third-order valence-electron chi connectivity index (χ3n) is 0.530. The Morgan fingerprint density at radius 2 is 1.91 bits per heavy atom. The molecule has 0 unspecified atom stereocenters. The highest BCUT2D eigenvalue weighted by Crippen LogP contribution is 1.98. The van der Waals surface area contributed by atoms with Crippen LogP contribution in [0, 0.1) is 4.91 Å². The van der Waals surface area contributed by atoms with Crippen LogP contribution in [0.2, 0.25) is 0 Å². The van der Waals surface area contributed by atoms with Crippen molar-refractivity contribution in [2.45, 2.75) is 39.2 Å². The molecule has 3 heteroatoms. The van der Waals surface area contributed by atoms with Gasteiger partial charge in [-0.3, -0.25) is 5.01 Å². The van der Waals surface area contributed by atoms with E-state index in [1.165, 1.54) is 0 Å². The summed E-state index contributed by atoms with van der Waals surface area (Å²) in [6, 6.07) is 0. The molecular weight excluding hydrogens is 140 g/mol. The van der Waals surface area contributed by atoms with Crippen LogP contribution in [-0.4, -0.2) is 18.0 Å². The van der Waals surface area contributed by atoms with Crippen molar-refractivity contribution < 1.29 is 24.7 Å². The molecule has 0 aromatic carbocycles. The lowest BCUT2D eigenvalue weighted by Crippen LogP contribution is -2.18. The van der Waals surface area contributed by atoms with Crippen LogP contribution in [0.15, 0.2) is 5.29 Å². The Bertz CT molecular complexity index is 566. The summed E-state index contributed by atoms with van der Waals surface area (Å²) in [5.74, 6) is 0. The molecule has 0 rings (SSSR count). The molecular formula is C8H18N2O. The maximum atomic E-state index is 11.2. The molecule has 0 atom stereocenters. The average Bonchev–Trinajstić information content (AvgIpc) is 2.43. The molecule has 0 aliphatic carbocycles. The van der Waals surface area contributed by atoms with Crippen LogP contribution in [0.3, 0.4) is 0 Å². The Kier molecular flexibility index (Phi) is 0.835. The molecule has 0 N–H and O–H groups in total. The fourth-order valence-electron chi connectivity index (χ4n) is 0.231. The van der Waals surface area contributed by atoms with Crippen LogP contribution >= 0.6 is 0 Å². The van der Waals surface area contributed by atoms with E-state index in [0.717, 1.165) is 0 Å². The third-order valence-corrected chi connectivity index (χ3v) is 0.530. The molecule has 0 fully saturated rings. The lowest BCUT2D eigenvalue weighted by molar-refractivity contribution is 0.274. The lowest BCUT2D eigenvalue weighted by Gasteiger charge is -2.13. The molecule has 66 valence electrons. The van der Waals surface area contributed by atoms with E-state index in [0.29, 0.717) is 0 Å². The molecule has 0 bridgehead atoms. The molecule has 3 nitrogen and oxygen atoms in total. The molecule has 0 aliphatic rings. The molecule has 0 saturated carbocycles. The zero-order valence-electron chi connectivity index (χ0n) is 23.3. The van der Waals surface area contributed by atoms with Crippen molar-refractivity contribution in [1.82, 2.24) is 5.01 Å². The zero-order chi connectivity index (χ0) is 24.3. The first-order valence-electron chi connectivity index (χ1n) is 11.3. The van der Waals surface area contributed by atoms with Gasteiger partial charge in [-0.2, -0.15) is 0 Å².